The van der Waals surface area contributed by atoms with E-state index in [9.17, 15) is 8.78 Å². The van der Waals surface area contributed by atoms with Gasteiger partial charge in [-0.25, -0.2) is 8.78 Å². The van der Waals surface area contributed by atoms with Crippen LogP contribution >= 0.6 is 11.6 Å². The lowest BCUT2D eigenvalue weighted by Crippen LogP contribution is -2.36. The minimum Gasteiger partial charge on any atom is -0.321 e. The van der Waals surface area contributed by atoms with Crippen LogP contribution in [-0.4, -0.2) is 0 Å². The molecule has 2 rings (SSSR count). The van der Waals surface area contributed by atoms with E-state index in [-0.39, 0.29) is 12.0 Å². The van der Waals surface area contributed by atoms with E-state index < -0.39 is 17.2 Å². The van der Waals surface area contributed by atoms with E-state index in [0.717, 1.165) is 6.07 Å². The van der Waals surface area contributed by atoms with Gasteiger partial charge in [0.25, 0.3) is 0 Å². The zero-order valence-electron chi connectivity index (χ0n) is 10.5. The number of halogens is 3. The molecular formula is C15H14ClF2N. The maximum Gasteiger partial charge on any atom is 0.162 e. The van der Waals surface area contributed by atoms with Crippen LogP contribution < -0.4 is 5.73 Å². The number of hydrogen-bond donors (Lipinski definition) is 1. The first-order chi connectivity index (χ1) is 8.92. The molecule has 1 nitrogen and oxygen atoms in total. The molecule has 0 radical (unpaired) electrons. The number of nitrogens with two attached hydrogens (primary N) is 1. The van der Waals surface area contributed by atoms with Gasteiger partial charge in [-0.2, -0.15) is 0 Å². The lowest BCUT2D eigenvalue weighted by molar-refractivity contribution is 0.454. The minimum absolute atomic E-state index is 0.167. The van der Waals surface area contributed by atoms with Crippen LogP contribution in [0.15, 0.2) is 42.5 Å². The topological polar surface area (TPSA) is 26.0 Å². The van der Waals surface area contributed by atoms with Gasteiger partial charge in [0.05, 0.1) is 0 Å². The number of rotatable bonds is 3. The van der Waals surface area contributed by atoms with E-state index in [1.165, 1.54) is 12.1 Å². The Morgan fingerprint density at radius 1 is 1.11 bits per heavy atom. The molecule has 0 aliphatic carbocycles. The van der Waals surface area contributed by atoms with E-state index >= 15 is 0 Å². The van der Waals surface area contributed by atoms with Gasteiger partial charge < -0.3 is 5.73 Å². The maximum atomic E-state index is 13.7. The smallest absolute Gasteiger partial charge is 0.162 e. The van der Waals surface area contributed by atoms with Gasteiger partial charge in [-0.05, 0) is 36.6 Å². The summed E-state index contributed by atoms with van der Waals surface area (Å²) < 4.78 is 26.9. The second-order valence-electron chi connectivity index (χ2n) is 4.79. The highest BCUT2D eigenvalue weighted by Gasteiger charge is 2.26. The monoisotopic (exact) mass is 281 g/mol. The molecule has 4 heteroatoms. The summed E-state index contributed by atoms with van der Waals surface area (Å²) in [5, 5.41) is 0.518. The third-order valence-corrected chi connectivity index (χ3v) is 3.41. The maximum absolute atomic E-state index is 13.7. The first-order valence-electron chi connectivity index (χ1n) is 5.88. The van der Waals surface area contributed by atoms with Crippen LogP contribution in [0.5, 0.6) is 0 Å². The second-order valence-corrected chi connectivity index (χ2v) is 5.19. The predicted molar refractivity (Wildman–Crippen MR) is 73.1 cm³/mol. The van der Waals surface area contributed by atoms with Crippen LogP contribution in [0.3, 0.4) is 0 Å². The van der Waals surface area contributed by atoms with Crippen LogP contribution in [0.2, 0.25) is 5.02 Å². The number of benzene rings is 2. The predicted octanol–water partition coefficient (Wildman–Crippen LogP) is 4.03. The average molecular weight is 282 g/mol. The van der Waals surface area contributed by atoms with E-state index in [1.807, 2.05) is 6.07 Å². The Labute approximate surface area is 116 Å². The lowest BCUT2D eigenvalue weighted by atomic mass is 9.86. The quantitative estimate of drug-likeness (QED) is 0.903. The van der Waals surface area contributed by atoms with Crippen molar-refractivity contribution < 1.29 is 8.78 Å². The third-order valence-electron chi connectivity index (χ3n) is 3.08. The van der Waals surface area contributed by atoms with Gasteiger partial charge in [0.15, 0.2) is 11.6 Å². The molecule has 2 aromatic carbocycles. The summed E-state index contributed by atoms with van der Waals surface area (Å²) in [5.74, 6) is -1.72. The van der Waals surface area contributed by atoms with Gasteiger partial charge in [-0.15, -0.1) is 0 Å². The zero-order valence-corrected chi connectivity index (χ0v) is 11.2. The molecule has 0 aliphatic rings. The van der Waals surface area contributed by atoms with E-state index in [1.54, 1.807) is 25.1 Å². The van der Waals surface area contributed by atoms with Crippen LogP contribution in [0.25, 0.3) is 0 Å². The van der Waals surface area contributed by atoms with Crippen LogP contribution in [-0.2, 0) is 12.0 Å². The molecule has 19 heavy (non-hydrogen) atoms. The van der Waals surface area contributed by atoms with Crippen LogP contribution in [0.1, 0.15) is 18.1 Å². The summed E-state index contributed by atoms with van der Waals surface area (Å²) in [7, 11) is 0. The summed E-state index contributed by atoms with van der Waals surface area (Å²) in [6.45, 7) is 1.75. The summed E-state index contributed by atoms with van der Waals surface area (Å²) in [4.78, 5) is 0. The van der Waals surface area contributed by atoms with Gasteiger partial charge in [0.2, 0.25) is 0 Å². The fraction of sp³-hybridized carbons (Fsp3) is 0.200. The number of hydrogen-bond acceptors (Lipinski definition) is 1. The standard InChI is InChI=1S/C15H14ClF2N/c1-15(19,11-6-2-3-7-12(11)16)9-10-5-4-8-13(17)14(10)18/h2-8H,9,19H2,1H3. The van der Waals surface area contributed by atoms with Gasteiger partial charge in [0, 0.05) is 10.6 Å². The van der Waals surface area contributed by atoms with Crippen molar-refractivity contribution in [3.05, 3.63) is 70.2 Å². The molecule has 0 bridgehead atoms. The van der Waals surface area contributed by atoms with Crippen molar-refractivity contribution in [3.63, 3.8) is 0 Å². The largest absolute Gasteiger partial charge is 0.321 e. The first kappa shape index (κ1) is 14.0. The molecule has 0 spiro atoms. The van der Waals surface area contributed by atoms with Crippen molar-refractivity contribution in [1.29, 1.82) is 0 Å². The fourth-order valence-corrected chi connectivity index (χ4v) is 2.45. The molecule has 0 aliphatic heterocycles. The molecular weight excluding hydrogens is 268 g/mol. The molecule has 0 amide bonds. The lowest BCUT2D eigenvalue weighted by Gasteiger charge is -2.26. The molecule has 100 valence electrons. The Morgan fingerprint density at radius 2 is 1.79 bits per heavy atom. The van der Waals surface area contributed by atoms with Crippen molar-refractivity contribution in [3.8, 4) is 0 Å². The summed E-state index contributed by atoms with van der Waals surface area (Å²) in [6.07, 6.45) is 0.167. The molecule has 2 aromatic rings. The Balaban J connectivity index is 2.36. The molecule has 1 atom stereocenters. The summed E-state index contributed by atoms with van der Waals surface area (Å²) >= 11 is 6.10. The van der Waals surface area contributed by atoms with E-state index in [2.05, 4.69) is 0 Å². The summed E-state index contributed by atoms with van der Waals surface area (Å²) in [6, 6.07) is 11.2. The van der Waals surface area contributed by atoms with Crippen molar-refractivity contribution in [2.24, 2.45) is 5.73 Å². The minimum atomic E-state index is -0.868. The van der Waals surface area contributed by atoms with Crippen LogP contribution in [0, 0.1) is 11.6 Å². The first-order valence-corrected chi connectivity index (χ1v) is 6.26. The van der Waals surface area contributed by atoms with E-state index in [0.29, 0.717) is 10.6 Å². The second kappa shape index (κ2) is 5.27. The highest BCUT2D eigenvalue weighted by molar-refractivity contribution is 6.31. The highest BCUT2D eigenvalue weighted by Crippen LogP contribution is 2.29. The Bertz CT molecular complexity index is 596. The molecule has 1 unspecified atom stereocenters. The average Bonchev–Trinajstić information content (AvgIpc) is 2.35. The van der Waals surface area contributed by atoms with Crippen molar-refractivity contribution in [2.75, 3.05) is 0 Å². The highest BCUT2D eigenvalue weighted by atomic mass is 35.5. The third kappa shape index (κ3) is 2.94. The SMILES string of the molecule is CC(N)(Cc1cccc(F)c1F)c1ccccc1Cl. The normalized spacial score (nSPS) is 14.2. The Hall–Kier alpha value is -1.45. The molecule has 0 aromatic heterocycles. The Kier molecular flexibility index (Phi) is 3.88. The molecule has 0 heterocycles. The van der Waals surface area contributed by atoms with Gasteiger partial charge >= 0.3 is 0 Å². The molecule has 0 saturated heterocycles. The van der Waals surface area contributed by atoms with Crippen molar-refractivity contribution >= 4 is 11.6 Å². The van der Waals surface area contributed by atoms with Crippen LogP contribution in [0.4, 0.5) is 8.78 Å². The molecule has 0 saturated carbocycles. The fourth-order valence-electron chi connectivity index (χ4n) is 2.10. The van der Waals surface area contributed by atoms with Gasteiger partial charge in [-0.1, -0.05) is 41.9 Å². The van der Waals surface area contributed by atoms with Crippen molar-refractivity contribution in [2.45, 2.75) is 18.9 Å². The molecule has 2 N–H and O–H groups in total. The van der Waals surface area contributed by atoms with Gasteiger partial charge in [-0.3, -0.25) is 0 Å². The Morgan fingerprint density at radius 3 is 2.47 bits per heavy atom. The van der Waals surface area contributed by atoms with Crippen molar-refractivity contribution in [1.82, 2.24) is 0 Å². The zero-order chi connectivity index (χ0) is 14.0. The van der Waals surface area contributed by atoms with Gasteiger partial charge in [0.1, 0.15) is 0 Å². The molecule has 0 fully saturated rings. The summed E-state index contributed by atoms with van der Waals surface area (Å²) in [5.41, 5.74) is 6.30. The van der Waals surface area contributed by atoms with E-state index in [4.69, 9.17) is 17.3 Å².